The molecular formula is C17H27N3O3. The number of hydrogen-bond acceptors (Lipinski definition) is 5. The second-order valence-corrected chi connectivity index (χ2v) is 7.27. The highest BCUT2D eigenvalue weighted by atomic mass is 16.5. The van der Waals surface area contributed by atoms with Crippen LogP contribution in [0.2, 0.25) is 0 Å². The fourth-order valence-electron chi connectivity index (χ4n) is 3.53. The lowest BCUT2D eigenvalue weighted by molar-refractivity contribution is -0.128. The molecule has 0 radical (unpaired) electrons. The third kappa shape index (κ3) is 3.58. The van der Waals surface area contributed by atoms with Crippen LogP contribution in [0.3, 0.4) is 0 Å². The molecule has 6 heteroatoms. The zero-order valence-electron chi connectivity index (χ0n) is 14.5. The summed E-state index contributed by atoms with van der Waals surface area (Å²) in [5.74, 6) is 1.48. The fourth-order valence-corrected chi connectivity index (χ4v) is 3.53. The molecule has 6 nitrogen and oxygen atoms in total. The van der Waals surface area contributed by atoms with Gasteiger partial charge in [-0.2, -0.15) is 0 Å². The lowest BCUT2D eigenvalue weighted by Gasteiger charge is -2.32. The Kier molecular flexibility index (Phi) is 4.73. The molecule has 0 aromatic carbocycles. The molecule has 3 rings (SSSR count). The van der Waals surface area contributed by atoms with Gasteiger partial charge in [0.05, 0.1) is 23.8 Å². The molecule has 2 bridgehead atoms. The van der Waals surface area contributed by atoms with E-state index in [0.717, 1.165) is 49.6 Å². The number of rotatable bonds is 5. The molecule has 1 aromatic rings. The summed E-state index contributed by atoms with van der Waals surface area (Å²) in [7, 11) is 0. The number of carbonyl (C=O) groups is 1. The molecule has 1 N–H and O–H groups in total. The summed E-state index contributed by atoms with van der Waals surface area (Å²) in [5.41, 5.74) is 2.11. The Bertz CT molecular complexity index is 550. The Morgan fingerprint density at radius 1 is 1.39 bits per heavy atom. The number of hydrogen-bond donors (Lipinski definition) is 1. The molecule has 1 aromatic heterocycles. The summed E-state index contributed by atoms with van der Waals surface area (Å²) in [6, 6.07) is 0. The second kappa shape index (κ2) is 6.61. The van der Waals surface area contributed by atoms with Crippen molar-refractivity contribution in [3.05, 3.63) is 17.0 Å². The first-order chi connectivity index (χ1) is 10.9. The minimum Gasteiger partial charge on any atom is -0.371 e. The molecule has 0 spiro atoms. The predicted molar refractivity (Wildman–Crippen MR) is 85.9 cm³/mol. The van der Waals surface area contributed by atoms with Gasteiger partial charge in [0.2, 0.25) is 5.91 Å². The minimum atomic E-state index is -0.0200. The summed E-state index contributed by atoms with van der Waals surface area (Å²) in [6.07, 6.45) is 0.984. The van der Waals surface area contributed by atoms with Gasteiger partial charge in [0, 0.05) is 31.7 Å². The zero-order chi connectivity index (χ0) is 16.6. The number of ether oxygens (including phenoxy) is 1. The zero-order valence-corrected chi connectivity index (χ0v) is 14.5. The van der Waals surface area contributed by atoms with E-state index in [0.29, 0.717) is 5.92 Å². The van der Waals surface area contributed by atoms with E-state index in [4.69, 9.17) is 9.26 Å². The molecule has 2 saturated heterocycles. The summed E-state index contributed by atoms with van der Waals surface area (Å²) in [5, 5.41) is 7.08. The molecule has 3 atom stereocenters. The Labute approximate surface area is 137 Å². The second-order valence-electron chi connectivity index (χ2n) is 7.27. The lowest BCUT2D eigenvalue weighted by Crippen LogP contribution is -2.45. The van der Waals surface area contributed by atoms with Crippen LogP contribution in [0.25, 0.3) is 0 Å². The normalized spacial score (nSPS) is 27.6. The van der Waals surface area contributed by atoms with E-state index >= 15 is 0 Å². The van der Waals surface area contributed by atoms with Gasteiger partial charge in [0.25, 0.3) is 0 Å². The first-order valence-electron chi connectivity index (χ1n) is 8.51. The van der Waals surface area contributed by atoms with Crippen LogP contribution in [0.15, 0.2) is 4.52 Å². The molecule has 0 saturated carbocycles. The maximum atomic E-state index is 12.4. The Hall–Kier alpha value is -1.40. The Morgan fingerprint density at radius 2 is 2.17 bits per heavy atom. The topological polar surface area (TPSA) is 67.6 Å². The van der Waals surface area contributed by atoms with Gasteiger partial charge in [-0.3, -0.25) is 9.69 Å². The number of amides is 1. The molecule has 2 fully saturated rings. The van der Waals surface area contributed by atoms with E-state index in [1.54, 1.807) is 0 Å². The van der Waals surface area contributed by atoms with Gasteiger partial charge in [0.1, 0.15) is 5.76 Å². The number of likely N-dealkylation sites (tertiary alicyclic amines) is 1. The highest BCUT2D eigenvalue weighted by molar-refractivity contribution is 5.79. The van der Waals surface area contributed by atoms with Gasteiger partial charge in [-0.15, -0.1) is 0 Å². The monoisotopic (exact) mass is 321 g/mol. The van der Waals surface area contributed by atoms with Gasteiger partial charge in [0.15, 0.2) is 0 Å². The first-order valence-corrected chi connectivity index (χ1v) is 8.51. The van der Waals surface area contributed by atoms with Gasteiger partial charge < -0.3 is 14.6 Å². The number of morpholine rings is 1. The predicted octanol–water partition coefficient (Wildman–Crippen LogP) is 1.65. The molecule has 3 heterocycles. The van der Waals surface area contributed by atoms with Gasteiger partial charge in [-0.05, 0) is 26.2 Å². The first kappa shape index (κ1) is 16.5. The minimum absolute atomic E-state index is 0.00128. The smallest absolute Gasteiger partial charge is 0.225 e. The van der Waals surface area contributed by atoms with Crippen LogP contribution in [0.4, 0.5) is 0 Å². The third-order valence-corrected chi connectivity index (χ3v) is 4.82. The number of nitrogens with zero attached hydrogens (tertiary/aromatic N) is 2. The standard InChI is InChI=1S/C17H27N3O3/c1-10(2)6-18-17(21)14-5-13-7-20(9-16(14)22-13)8-15-11(3)19-23-12(15)4/h10,13-14,16H,5-9H2,1-4H3,(H,18,21)/t13-,14-,16-/m1/s1. The molecule has 128 valence electrons. The number of carbonyl (C=O) groups excluding carboxylic acids is 1. The highest BCUT2D eigenvalue weighted by Crippen LogP contribution is 2.33. The molecular weight excluding hydrogens is 294 g/mol. The largest absolute Gasteiger partial charge is 0.371 e. The third-order valence-electron chi connectivity index (χ3n) is 4.82. The lowest BCUT2D eigenvalue weighted by atomic mass is 9.99. The van der Waals surface area contributed by atoms with E-state index in [9.17, 15) is 4.79 Å². The van der Waals surface area contributed by atoms with E-state index in [-0.39, 0.29) is 24.0 Å². The molecule has 1 amide bonds. The molecule has 2 aliphatic rings. The summed E-state index contributed by atoms with van der Waals surface area (Å²) in [4.78, 5) is 14.8. The van der Waals surface area contributed by atoms with Gasteiger partial charge in [-0.1, -0.05) is 19.0 Å². The Morgan fingerprint density at radius 3 is 2.83 bits per heavy atom. The van der Waals surface area contributed by atoms with Crippen molar-refractivity contribution < 1.29 is 14.1 Å². The highest BCUT2D eigenvalue weighted by Gasteiger charge is 2.44. The number of nitrogens with one attached hydrogen (secondary N) is 1. The Balaban J connectivity index is 1.60. The van der Waals surface area contributed by atoms with Crippen LogP contribution in [0.1, 0.15) is 37.3 Å². The van der Waals surface area contributed by atoms with E-state index in [1.165, 1.54) is 0 Å². The van der Waals surface area contributed by atoms with Crippen molar-refractivity contribution in [1.82, 2.24) is 15.4 Å². The van der Waals surface area contributed by atoms with Crippen molar-refractivity contribution in [1.29, 1.82) is 0 Å². The molecule has 2 aliphatic heterocycles. The van der Waals surface area contributed by atoms with Crippen molar-refractivity contribution in [2.75, 3.05) is 19.6 Å². The van der Waals surface area contributed by atoms with Crippen LogP contribution in [0, 0.1) is 25.7 Å². The van der Waals surface area contributed by atoms with Crippen molar-refractivity contribution >= 4 is 5.91 Å². The summed E-state index contributed by atoms with van der Waals surface area (Å²) in [6.45, 7) is 11.3. The van der Waals surface area contributed by atoms with E-state index in [1.807, 2.05) is 13.8 Å². The average molecular weight is 321 g/mol. The van der Waals surface area contributed by atoms with E-state index in [2.05, 4.69) is 29.2 Å². The van der Waals surface area contributed by atoms with Crippen molar-refractivity contribution in [3.63, 3.8) is 0 Å². The van der Waals surface area contributed by atoms with Crippen LogP contribution in [-0.2, 0) is 16.1 Å². The van der Waals surface area contributed by atoms with Crippen LogP contribution in [0.5, 0.6) is 0 Å². The van der Waals surface area contributed by atoms with Crippen molar-refractivity contribution in [2.45, 2.75) is 52.9 Å². The van der Waals surface area contributed by atoms with Crippen molar-refractivity contribution in [3.8, 4) is 0 Å². The number of aromatic nitrogens is 1. The average Bonchev–Trinajstić information content (AvgIpc) is 2.98. The fraction of sp³-hybridized carbons (Fsp3) is 0.765. The maximum Gasteiger partial charge on any atom is 0.225 e. The quantitative estimate of drug-likeness (QED) is 0.893. The van der Waals surface area contributed by atoms with Crippen LogP contribution in [-0.4, -0.2) is 47.8 Å². The molecule has 0 aliphatic carbocycles. The van der Waals surface area contributed by atoms with Gasteiger partial charge in [-0.25, -0.2) is 0 Å². The number of fused-ring (bicyclic) bond motifs is 2. The summed E-state index contributed by atoms with van der Waals surface area (Å²) >= 11 is 0. The molecule has 23 heavy (non-hydrogen) atoms. The number of aryl methyl sites for hydroxylation is 2. The van der Waals surface area contributed by atoms with Crippen LogP contribution >= 0.6 is 0 Å². The van der Waals surface area contributed by atoms with Crippen molar-refractivity contribution in [2.24, 2.45) is 11.8 Å². The summed E-state index contributed by atoms with van der Waals surface area (Å²) < 4.78 is 11.3. The maximum absolute atomic E-state index is 12.4. The SMILES string of the molecule is Cc1noc(C)c1CN1C[C@H]2C[C@@H](C(=O)NCC(C)C)[C@@H](C1)O2. The van der Waals surface area contributed by atoms with Gasteiger partial charge >= 0.3 is 0 Å². The van der Waals surface area contributed by atoms with E-state index < -0.39 is 0 Å². The molecule has 0 unspecified atom stereocenters. The van der Waals surface area contributed by atoms with Crippen LogP contribution < -0.4 is 5.32 Å².